The van der Waals surface area contributed by atoms with Crippen molar-refractivity contribution in [3.63, 3.8) is 0 Å². The number of carbonyl (C=O) groups is 2. The Hall–Kier alpha value is -1.40. The molecule has 476 valence electrons. The molecule has 0 fully saturated rings. The summed E-state index contributed by atoms with van der Waals surface area (Å²) < 4.78 is 5.49. The lowest BCUT2D eigenvalue weighted by atomic mass is 10.0. The average molecular weight is 1130 g/mol. The highest BCUT2D eigenvalue weighted by molar-refractivity contribution is 5.76. The molecule has 2 unspecified atom stereocenters. The summed E-state index contributed by atoms with van der Waals surface area (Å²) in [4.78, 5) is 24.6. The molecular formula is C74H145NO5. The molecule has 0 aromatic heterocycles. The summed E-state index contributed by atoms with van der Waals surface area (Å²) in [6.07, 6.45) is 87.1. The number of hydrogen-bond acceptors (Lipinski definition) is 5. The molecule has 0 saturated heterocycles. The standard InChI is InChI=1S/C74H145NO5/c1-3-5-7-9-11-13-15-17-19-39-42-46-50-54-58-62-66-72(77)71(70-76)75-73(78)67-63-59-55-51-47-43-40-37-35-33-31-29-27-25-23-21-20-22-24-26-28-30-32-34-36-38-41-45-49-53-57-61-65-69-80-74(79)68-64-60-56-52-48-44-18-16-14-12-10-8-6-4-2/h16,18,71-72,76-77H,3-15,17,19-70H2,1-2H3,(H,75,78)/b18-16-. The number of nitrogens with one attached hydrogen (secondary N) is 1. The zero-order chi connectivity index (χ0) is 57.8. The lowest BCUT2D eigenvalue weighted by molar-refractivity contribution is -0.143. The molecule has 0 aliphatic carbocycles. The van der Waals surface area contributed by atoms with E-state index in [1.807, 2.05) is 0 Å². The summed E-state index contributed by atoms with van der Waals surface area (Å²) in [5.41, 5.74) is 0. The zero-order valence-electron chi connectivity index (χ0n) is 54.6. The molecule has 0 aliphatic heterocycles. The molecule has 0 saturated carbocycles. The van der Waals surface area contributed by atoms with Crippen LogP contribution in [0.4, 0.5) is 0 Å². The monoisotopic (exact) mass is 1130 g/mol. The molecule has 0 rings (SSSR count). The number of esters is 1. The van der Waals surface area contributed by atoms with Crippen LogP contribution in [0, 0.1) is 0 Å². The first-order chi connectivity index (χ1) is 39.5. The summed E-state index contributed by atoms with van der Waals surface area (Å²) in [5, 5.41) is 23.4. The van der Waals surface area contributed by atoms with Crippen LogP contribution in [0.15, 0.2) is 12.2 Å². The van der Waals surface area contributed by atoms with Gasteiger partial charge in [-0.25, -0.2) is 0 Å². The smallest absolute Gasteiger partial charge is 0.305 e. The Kier molecular flexibility index (Phi) is 68.9. The van der Waals surface area contributed by atoms with Crippen LogP contribution in [-0.4, -0.2) is 47.4 Å². The minimum Gasteiger partial charge on any atom is -0.466 e. The second-order valence-corrected chi connectivity index (χ2v) is 25.6. The Morgan fingerprint density at radius 2 is 0.588 bits per heavy atom. The van der Waals surface area contributed by atoms with Crippen LogP contribution in [0.2, 0.25) is 0 Å². The van der Waals surface area contributed by atoms with Gasteiger partial charge in [0.1, 0.15) is 0 Å². The maximum absolute atomic E-state index is 12.5. The van der Waals surface area contributed by atoms with Gasteiger partial charge in [0.15, 0.2) is 0 Å². The van der Waals surface area contributed by atoms with Crippen LogP contribution in [0.5, 0.6) is 0 Å². The second-order valence-electron chi connectivity index (χ2n) is 25.6. The summed E-state index contributed by atoms with van der Waals surface area (Å²) in [5.74, 6) is -0.0122. The van der Waals surface area contributed by atoms with Crippen LogP contribution in [0.25, 0.3) is 0 Å². The number of unbranched alkanes of at least 4 members (excludes halogenated alkanes) is 57. The van der Waals surface area contributed by atoms with E-state index >= 15 is 0 Å². The van der Waals surface area contributed by atoms with Crippen molar-refractivity contribution in [2.45, 2.75) is 437 Å². The largest absolute Gasteiger partial charge is 0.466 e. The van der Waals surface area contributed by atoms with Gasteiger partial charge < -0.3 is 20.3 Å². The predicted molar refractivity (Wildman–Crippen MR) is 352 cm³/mol. The first-order valence-corrected chi connectivity index (χ1v) is 36.9. The normalized spacial score (nSPS) is 12.5. The third-order valence-electron chi connectivity index (χ3n) is 17.6. The summed E-state index contributed by atoms with van der Waals surface area (Å²) >= 11 is 0. The van der Waals surface area contributed by atoms with Gasteiger partial charge in [-0.05, 0) is 51.4 Å². The second kappa shape index (κ2) is 70.1. The van der Waals surface area contributed by atoms with E-state index in [4.69, 9.17) is 4.74 Å². The number of aliphatic hydroxyl groups is 2. The number of amides is 1. The molecule has 6 nitrogen and oxygen atoms in total. The van der Waals surface area contributed by atoms with Crippen molar-refractivity contribution in [2.24, 2.45) is 0 Å². The summed E-state index contributed by atoms with van der Waals surface area (Å²) in [6, 6.07) is -0.537. The molecule has 1 amide bonds. The first kappa shape index (κ1) is 78.6. The number of allylic oxidation sites excluding steroid dienone is 2. The van der Waals surface area contributed by atoms with Crippen LogP contribution in [-0.2, 0) is 14.3 Å². The van der Waals surface area contributed by atoms with E-state index in [9.17, 15) is 19.8 Å². The fourth-order valence-electron chi connectivity index (χ4n) is 11.9. The van der Waals surface area contributed by atoms with Crippen LogP contribution >= 0.6 is 0 Å². The molecule has 3 N–H and O–H groups in total. The molecule has 0 aromatic carbocycles. The lowest BCUT2D eigenvalue weighted by Crippen LogP contribution is -2.45. The highest BCUT2D eigenvalue weighted by Crippen LogP contribution is 2.20. The van der Waals surface area contributed by atoms with Crippen molar-refractivity contribution < 1.29 is 24.5 Å². The number of hydrogen-bond donors (Lipinski definition) is 3. The molecule has 6 heteroatoms. The molecule has 0 aliphatic rings. The van der Waals surface area contributed by atoms with E-state index in [1.54, 1.807) is 0 Å². The van der Waals surface area contributed by atoms with Gasteiger partial charge in [0.05, 0.1) is 25.4 Å². The topological polar surface area (TPSA) is 95.9 Å². The van der Waals surface area contributed by atoms with Gasteiger partial charge in [-0.1, -0.05) is 373 Å². The number of rotatable bonds is 70. The Morgan fingerprint density at radius 1 is 0.338 bits per heavy atom. The van der Waals surface area contributed by atoms with E-state index < -0.39 is 12.1 Å². The molecular weight excluding hydrogens is 983 g/mol. The third-order valence-corrected chi connectivity index (χ3v) is 17.6. The lowest BCUT2D eigenvalue weighted by Gasteiger charge is -2.22. The number of ether oxygens (including phenoxy) is 1. The molecule has 80 heavy (non-hydrogen) atoms. The Morgan fingerprint density at radius 3 is 0.887 bits per heavy atom. The maximum atomic E-state index is 12.5. The van der Waals surface area contributed by atoms with E-state index in [0.29, 0.717) is 25.9 Å². The van der Waals surface area contributed by atoms with Gasteiger partial charge in [-0.3, -0.25) is 9.59 Å². The van der Waals surface area contributed by atoms with Crippen molar-refractivity contribution in [2.75, 3.05) is 13.2 Å². The van der Waals surface area contributed by atoms with Gasteiger partial charge in [-0.2, -0.15) is 0 Å². The Bertz CT molecular complexity index is 1210. The highest BCUT2D eigenvalue weighted by atomic mass is 16.5. The van der Waals surface area contributed by atoms with Crippen LogP contribution in [0.3, 0.4) is 0 Å². The van der Waals surface area contributed by atoms with E-state index in [1.165, 1.54) is 347 Å². The highest BCUT2D eigenvalue weighted by Gasteiger charge is 2.20. The number of carbonyl (C=O) groups excluding carboxylic acids is 2. The molecule has 0 aromatic rings. The Labute approximate surface area is 501 Å². The minimum absolute atomic E-state index is 0.0141. The van der Waals surface area contributed by atoms with Crippen molar-refractivity contribution in [3.8, 4) is 0 Å². The predicted octanol–water partition coefficient (Wildman–Crippen LogP) is 23.9. The third kappa shape index (κ3) is 65.7. The fourth-order valence-corrected chi connectivity index (χ4v) is 11.9. The molecule has 0 spiro atoms. The molecule has 0 heterocycles. The molecule has 0 radical (unpaired) electrons. The first-order valence-electron chi connectivity index (χ1n) is 36.9. The van der Waals surface area contributed by atoms with Crippen molar-refractivity contribution in [3.05, 3.63) is 12.2 Å². The maximum Gasteiger partial charge on any atom is 0.305 e. The van der Waals surface area contributed by atoms with Crippen LogP contribution in [0.1, 0.15) is 425 Å². The quantitative estimate of drug-likeness (QED) is 0.0320. The molecule has 0 bridgehead atoms. The summed E-state index contributed by atoms with van der Waals surface area (Å²) in [6.45, 7) is 4.99. The Balaban J connectivity index is 3.31. The van der Waals surface area contributed by atoms with Gasteiger partial charge in [-0.15, -0.1) is 0 Å². The zero-order valence-corrected chi connectivity index (χ0v) is 54.6. The number of aliphatic hydroxyl groups excluding tert-OH is 2. The van der Waals surface area contributed by atoms with Crippen molar-refractivity contribution in [1.82, 2.24) is 5.32 Å². The van der Waals surface area contributed by atoms with Crippen molar-refractivity contribution in [1.29, 1.82) is 0 Å². The van der Waals surface area contributed by atoms with Gasteiger partial charge in [0, 0.05) is 12.8 Å². The van der Waals surface area contributed by atoms with Crippen molar-refractivity contribution >= 4 is 11.9 Å². The molecule has 2 atom stereocenters. The van der Waals surface area contributed by atoms with Crippen LogP contribution < -0.4 is 5.32 Å². The van der Waals surface area contributed by atoms with E-state index in [-0.39, 0.29) is 18.5 Å². The van der Waals surface area contributed by atoms with Gasteiger partial charge in [0.25, 0.3) is 0 Å². The van der Waals surface area contributed by atoms with Gasteiger partial charge in [0.2, 0.25) is 5.91 Å². The minimum atomic E-state index is -0.660. The average Bonchev–Trinajstić information content (AvgIpc) is 3.46. The summed E-state index contributed by atoms with van der Waals surface area (Å²) in [7, 11) is 0. The fraction of sp³-hybridized carbons (Fsp3) is 0.946. The van der Waals surface area contributed by atoms with E-state index in [2.05, 4.69) is 31.3 Å². The van der Waals surface area contributed by atoms with E-state index in [0.717, 1.165) is 44.9 Å². The van der Waals surface area contributed by atoms with Gasteiger partial charge >= 0.3 is 5.97 Å². The SMILES string of the molecule is CCCCCCC/C=C\CCCCCCCC(=O)OCCCCCCCCCCCCCCCCCCCCCCCCCCCCCCCCCCCC(=O)NC(CO)C(O)CCCCCCCCCCCCCCCCCC.